The first kappa shape index (κ1) is 28.6. The molecule has 12 nitrogen and oxygen atoms in total. The zero-order chi connectivity index (χ0) is 25.2. The number of hydrogen-bond acceptors (Lipinski definition) is 10. The van der Waals surface area contributed by atoms with Gasteiger partial charge in [-0.2, -0.15) is 0 Å². The summed E-state index contributed by atoms with van der Waals surface area (Å²) in [6.45, 7) is 4.21. The van der Waals surface area contributed by atoms with Crippen LogP contribution in [0.25, 0.3) is 0 Å². The zero-order valence-corrected chi connectivity index (χ0v) is 18.7. The van der Waals surface area contributed by atoms with Gasteiger partial charge in [0, 0.05) is 11.8 Å². The van der Waals surface area contributed by atoms with E-state index in [0.29, 0.717) is 32.1 Å². The molecule has 0 fully saturated rings. The van der Waals surface area contributed by atoms with Crippen molar-refractivity contribution in [1.82, 2.24) is 0 Å². The van der Waals surface area contributed by atoms with Crippen molar-refractivity contribution in [2.45, 2.75) is 0 Å². The normalized spacial score (nSPS) is 10.4. The van der Waals surface area contributed by atoms with Crippen molar-refractivity contribution in [3.05, 3.63) is 42.5 Å². The molecule has 0 atom stereocenters. The van der Waals surface area contributed by atoms with Crippen LogP contribution < -0.4 is 4.90 Å². The third-order valence-corrected chi connectivity index (χ3v) is 3.96. The van der Waals surface area contributed by atoms with E-state index in [2.05, 4.69) is 6.58 Å². The number of benzene rings is 1. The smallest absolute Gasteiger partial charge is 0.338 e. The summed E-state index contributed by atoms with van der Waals surface area (Å²) >= 11 is 0. The molecule has 0 heterocycles. The Morgan fingerprint density at radius 2 is 1.18 bits per heavy atom. The number of nitrogens with zero attached hydrogens (tertiary/aromatic N) is 1. The van der Waals surface area contributed by atoms with E-state index >= 15 is 0 Å². The fourth-order valence-corrected chi connectivity index (χ4v) is 2.45. The van der Waals surface area contributed by atoms with Gasteiger partial charge in [0.1, 0.15) is 26.3 Å². The van der Waals surface area contributed by atoms with E-state index in [4.69, 9.17) is 33.9 Å². The van der Waals surface area contributed by atoms with Crippen LogP contribution in [0.3, 0.4) is 0 Å². The number of esters is 2. The van der Waals surface area contributed by atoms with E-state index in [1.54, 1.807) is 0 Å². The number of carboxylic acids is 2. The largest absolute Gasteiger partial charge is 0.480 e. The zero-order valence-electron chi connectivity index (χ0n) is 18.7. The van der Waals surface area contributed by atoms with E-state index in [1.807, 2.05) is 0 Å². The molecular weight excluding hydrogens is 454 g/mol. The SMILES string of the molecule is C=CC(=O)OCCOCCOCCOCCOC(=O)c1ccc(N(CC(=O)O)CC(=O)O)cc1. The molecule has 188 valence electrons. The predicted molar refractivity (Wildman–Crippen MR) is 118 cm³/mol. The third-order valence-electron chi connectivity index (χ3n) is 3.96. The molecule has 1 rings (SSSR count). The van der Waals surface area contributed by atoms with E-state index in [0.717, 1.165) is 11.0 Å². The van der Waals surface area contributed by atoms with Gasteiger partial charge in [0.25, 0.3) is 0 Å². The minimum absolute atomic E-state index is 0.0251. The summed E-state index contributed by atoms with van der Waals surface area (Å²) in [7, 11) is 0. The van der Waals surface area contributed by atoms with Gasteiger partial charge in [0.2, 0.25) is 0 Å². The Morgan fingerprint density at radius 3 is 1.62 bits per heavy atom. The molecule has 1 aromatic carbocycles. The Balaban J connectivity index is 2.14. The van der Waals surface area contributed by atoms with Crippen LogP contribution in [0.5, 0.6) is 0 Å². The van der Waals surface area contributed by atoms with Crippen LogP contribution in [-0.2, 0) is 38.1 Å². The fourth-order valence-electron chi connectivity index (χ4n) is 2.45. The lowest BCUT2D eigenvalue weighted by atomic mass is 10.2. The van der Waals surface area contributed by atoms with Crippen molar-refractivity contribution in [2.75, 3.05) is 70.8 Å². The van der Waals surface area contributed by atoms with Crippen molar-refractivity contribution in [1.29, 1.82) is 0 Å². The molecule has 0 aliphatic heterocycles. The number of aliphatic carboxylic acids is 2. The van der Waals surface area contributed by atoms with Gasteiger partial charge >= 0.3 is 23.9 Å². The summed E-state index contributed by atoms with van der Waals surface area (Å²) in [6.07, 6.45) is 1.08. The highest BCUT2D eigenvalue weighted by atomic mass is 16.6. The highest BCUT2D eigenvalue weighted by molar-refractivity contribution is 5.90. The van der Waals surface area contributed by atoms with Crippen LogP contribution >= 0.6 is 0 Å². The molecule has 2 N–H and O–H groups in total. The van der Waals surface area contributed by atoms with Crippen LogP contribution in [0.2, 0.25) is 0 Å². The first-order valence-electron chi connectivity index (χ1n) is 10.3. The maximum absolute atomic E-state index is 12.1. The van der Waals surface area contributed by atoms with Gasteiger partial charge in [-0.25, -0.2) is 9.59 Å². The second kappa shape index (κ2) is 17.1. The van der Waals surface area contributed by atoms with Gasteiger partial charge in [-0.1, -0.05) is 6.58 Å². The van der Waals surface area contributed by atoms with E-state index in [9.17, 15) is 19.2 Å². The van der Waals surface area contributed by atoms with E-state index in [-0.39, 0.29) is 32.0 Å². The first-order valence-corrected chi connectivity index (χ1v) is 10.3. The number of carboxylic acid groups (broad SMARTS) is 2. The molecule has 34 heavy (non-hydrogen) atoms. The molecular formula is C22H29NO11. The Morgan fingerprint density at radius 1 is 0.735 bits per heavy atom. The van der Waals surface area contributed by atoms with Gasteiger partial charge in [-0.15, -0.1) is 0 Å². The van der Waals surface area contributed by atoms with Crippen molar-refractivity contribution in [3.8, 4) is 0 Å². The molecule has 0 unspecified atom stereocenters. The Kier molecular flexibility index (Phi) is 14.3. The molecule has 0 bridgehead atoms. The van der Waals surface area contributed by atoms with E-state index in [1.165, 1.54) is 24.3 Å². The molecule has 0 aliphatic rings. The molecule has 0 amide bonds. The monoisotopic (exact) mass is 483 g/mol. The van der Waals surface area contributed by atoms with Gasteiger partial charge < -0.3 is 38.8 Å². The summed E-state index contributed by atoms with van der Waals surface area (Å²) in [5, 5.41) is 17.8. The number of rotatable bonds is 19. The summed E-state index contributed by atoms with van der Waals surface area (Å²) in [5.74, 6) is -3.44. The number of anilines is 1. The van der Waals surface area contributed by atoms with Gasteiger partial charge in [0.05, 0.1) is 45.2 Å². The number of carbonyl (C=O) groups is 4. The maximum Gasteiger partial charge on any atom is 0.338 e. The number of carbonyl (C=O) groups excluding carboxylic acids is 2. The minimum atomic E-state index is -1.17. The average Bonchev–Trinajstić information content (AvgIpc) is 2.80. The lowest BCUT2D eigenvalue weighted by Gasteiger charge is -2.20. The molecule has 0 spiro atoms. The van der Waals surface area contributed by atoms with Crippen molar-refractivity contribution in [3.63, 3.8) is 0 Å². The molecule has 0 aromatic heterocycles. The Bertz CT molecular complexity index is 779. The predicted octanol–water partition coefficient (Wildman–Crippen LogP) is 0.598. The minimum Gasteiger partial charge on any atom is -0.480 e. The standard InChI is InChI=1S/C22H29NO11/c1-2-21(28)33-13-11-31-9-7-30-8-10-32-12-14-34-22(29)17-3-5-18(6-4-17)23(15-19(24)25)16-20(26)27/h2-6H,1,7-16H2,(H,24,25)(H,26,27). The molecule has 12 heteroatoms. The number of ether oxygens (including phenoxy) is 5. The second-order valence-electron chi connectivity index (χ2n) is 6.54. The molecule has 0 aliphatic carbocycles. The third kappa shape index (κ3) is 13.2. The second-order valence-corrected chi connectivity index (χ2v) is 6.54. The van der Waals surface area contributed by atoms with Crippen molar-refractivity contribution in [2.24, 2.45) is 0 Å². The molecule has 1 aromatic rings. The Hall–Kier alpha value is -3.48. The van der Waals surface area contributed by atoms with Gasteiger partial charge in [0.15, 0.2) is 0 Å². The van der Waals surface area contributed by atoms with Crippen LogP contribution in [0.1, 0.15) is 10.4 Å². The highest BCUT2D eigenvalue weighted by Crippen LogP contribution is 2.16. The van der Waals surface area contributed by atoms with Crippen LogP contribution in [-0.4, -0.2) is 100 Å². The lowest BCUT2D eigenvalue weighted by Crippen LogP contribution is -2.34. The van der Waals surface area contributed by atoms with E-state index < -0.39 is 37.0 Å². The lowest BCUT2D eigenvalue weighted by molar-refractivity contribution is -0.139. The van der Waals surface area contributed by atoms with Crippen LogP contribution in [0.15, 0.2) is 36.9 Å². The van der Waals surface area contributed by atoms with Gasteiger partial charge in [-0.05, 0) is 24.3 Å². The molecule has 0 radical (unpaired) electrons. The number of hydrogen-bond donors (Lipinski definition) is 2. The first-order chi connectivity index (χ1) is 16.3. The van der Waals surface area contributed by atoms with Crippen LogP contribution in [0.4, 0.5) is 5.69 Å². The summed E-state index contributed by atoms with van der Waals surface area (Å²) in [6, 6.07) is 5.75. The fraction of sp³-hybridized carbons (Fsp3) is 0.455. The highest BCUT2D eigenvalue weighted by Gasteiger charge is 2.15. The molecule has 0 saturated heterocycles. The average molecular weight is 483 g/mol. The quantitative estimate of drug-likeness (QED) is 0.161. The topological polar surface area (TPSA) is 158 Å². The maximum atomic E-state index is 12.1. The Labute approximate surface area is 196 Å². The van der Waals surface area contributed by atoms with Crippen molar-refractivity contribution >= 4 is 29.6 Å². The van der Waals surface area contributed by atoms with Crippen molar-refractivity contribution < 1.29 is 53.1 Å². The summed E-state index contributed by atoms with van der Waals surface area (Å²) in [4.78, 5) is 45.8. The summed E-state index contributed by atoms with van der Waals surface area (Å²) in [5.41, 5.74) is 0.586. The summed E-state index contributed by atoms with van der Waals surface area (Å²) < 4.78 is 25.6. The molecule has 0 saturated carbocycles. The van der Waals surface area contributed by atoms with Crippen LogP contribution in [0, 0.1) is 0 Å². The van der Waals surface area contributed by atoms with Gasteiger partial charge in [-0.3, -0.25) is 9.59 Å².